The molecule has 0 bridgehead atoms. The third kappa shape index (κ3) is 2.98. The predicted molar refractivity (Wildman–Crippen MR) is 110 cm³/mol. The van der Waals surface area contributed by atoms with Crippen molar-refractivity contribution in [2.75, 3.05) is 0 Å². The molecule has 3 N–H and O–H groups in total. The Morgan fingerprint density at radius 3 is 2.50 bits per heavy atom. The van der Waals surface area contributed by atoms with E-state index in [1.54, 1.807) is 11.3 Å². The zero-order valence-corrected chi connectivity index (χ0v) is 16.5. The number of aliphatic hydroxyl groups excluding tert-OH is 3. The van der Waals surface area contributed by atoms with E-state index in [0.29, 0.717) is 0 Å². The fourth-order valence-corrected chi connectivity index (χ4v) is 5.42. The number of rotatable bonds is 3. The number of thiophene rings is 1. The summed E-state index contributed by atoms with van der Waals surface area (Å²) in [5.74, 6) is 0. The van der Waals surface area contributed by atoms with Crippen LogP contribution in [0.4, 0.5) is 0 Å². The summed E-state index contributed by atoms with van der Waals surface area (Å²) in [6.45, 7) is 2.09. The molecule has 1 saturated carbocycles. The van der Waals surface area contributed by atoms with E-state index in [-0.39, 0.29) is 0 Å². The van der Waals surface area contributed by atoms with Gasteiger partial charge in [-0.05, 0) is 48.8 Å². The molecule has 4 nitrogen and oxygen atoms in total. The van der Waals surface area contributed by atoms with Gasteiger partial charge in [-0.3, -0.25) is 0 Å². The van der Waals surface area contributed by atoms with Crippen LogP contribution in [0.3, 0.4) is 0 Å². The molecule has 2 heterocycles. The van der Waals surface area contributed by atoms with Gasteiger partial charge in [0.2, 0.25) is 0 Å². The largest absolute Gasteiger partial charge is 0.387 e. The van der Waals surface area contributed by atoms with E-state index in [4.69, 9.17) is 4.74 Å². The van der Waals surface area contributed by atoms with Gasteiger partial charge in [-0.15, -0.1) is 11.3 Å². The zero-order chi connectivity index (χ0) is 19.5. The van der Waals surface area contributed by atoms with Crippen LogP contribution in [0.2, 0.25) is 0 Å². The van der Waals surface area contributed by atoms with Crippen molar-refractivity contribution < 1.29 is 20.1 Å². The molecule has 0 radical (unpaired) electrons. The standard InChI is InChI=1S/C23H24O4S/c1-13-5-7-14(8-6-13)11-15-3-2-4-16-12-17(28-21(15)16)20-18(24)19(25)22(26)23(27-20)9-10-23/h2-8,12,18-20,22,24-26H,9-11H2,1H3/t18-,19-,20+,22+/m1/s1. The Morgan fingerprint density at radius 2 is 1.79 bits per heavy atom. The number of aryl methyl sites for hydroxylation is 1. The SMILES string of the molecule is Cc1ccc(Cc2cccc3cc([C@@H]4OC5(CC5)[C@@H](O)[C@H](O)[C@H]4O)sc23)cc1. The molecule has 1 spiro atoms. The van der Waals surface area contributed by atoms with Crippen molar-refractivity contribution in [3.05, 3.63) is 70.1 Å². The van der Waals surface area contributed by atoms with Crippen LogP contribution in [-0.4, -0.2) is 39.2 Å². The van der Waals surface area contributed by atoms with Crippen molar-refractivity contribution in [2.24, 2.45) is 0 Å². The molecule has 4 atom stereocenters. The van der Waals surface area contributed by atoms with Crippen LogP contribution in [0.25, 0.3) is 10.1 Å². The first-order valence-electron chi connectivity index (χ1n) is 9.76. The Morgan fingerprint density at radius 1 is 1.04 bits per heavy atom. The molecular weight excluding hydrogens is 372 g/mol. The predicted octanol–water partition coefficient (Wildman–Crippen LogP) is 3.49. The van der Waals surface area contributed by atoms with E-state index in [1.807, 2.05) is 6.07 Å². The second kappa shape index (κ2) is 6.65. The molecule has 1 aromatic heterocycles. The summed E-state index contributed by atoms with van der Waals surface area (Å²) in [6.07, 6.45) is -1.66. The number of aliphatic hydroxyl groups is 3. The van der Waals surface area contributed by atoms with Crippen LogP contribution in [0, 0.1) is 6.92 Å². The van der Waals surface area contributed by atoms with Crippen LogP contribution < -0.4 is 0 Å². The summed E-state index contributed by atoms with van der Waals surface area (Å²) in [5, 5.41) is 32.2. The van der Waals surface area contributed by atoms with Crippen LogP contribution in [0.15, 0.2) is 48.5 Å². The van der Waals surface area contributed by atoms with Gasteiger partial charge in [0.25, 0.3) is 0 Å². The minimum atomic E-state index is -1.18. The molecule has 2 aliphatic rings. The first-order chi connectivity index (χ1) is 13.5. The summed E-state index contributed by atoms with van der Waals surface area (Å²) in [4.78, 5) is 0.899. The minimum Gasteiger partial charge on any atom is -0.387 e. The van der Waals surface area contributed by atoms with E-state index in [0.717, 1.165) is 29.5 Å². The molecule has 2 fully saturated rings. The summed E-state index contributed by atoms with van der Waals surface area (Å²) < 4.78 is 7.30. The van der Waals surface area contributed by atoms with Crippen LogP contribution in [-0.2, 0) is 11.2 Å². The molecule has 0 amide bonds. The Kier molecular flexibility index (Phi) is 4.34. The quantitative estimate of drug-likeness (QED) is 0.634. The lowest BCUT2D eigenvalue weighted by Crippen LogP contribution is -2.55. The van der Waals surface area contributed by atoms with Gasteiger partial charge in [0.15, 0.2) is 0 Å². The Bertz CT molecular complexity index is 1010. The van der Waals surface area contributed by atoms with Gasteiger partial charge in [-0.25, -0.2) is 0 Å². The van der Waals surface area contributed by atoms with Crippen LogP contribution in [0.5, 0.6) is 0 Å². The van der Waals surface area contributed by atoms with Crippen molar-refractivity contribution in [1.82, 2.24) is 0 Å². The Balaban J connectivity index is 1.49. The summed E-state index contributed by atoms with van der Waals surface area (Å²) in [7, 11) is 0. The highest BCUT2D eigenvalue weighted by molar-refractivity contribution is 7.19. The van der Waals surface area contributed by atoms with Crippen LogP contribution in [0.1, 0.15) is 40.5 Å². The number of fused-ring (bicyclic) bond motifs is 1. The van der Waals surface area contributed by atoms with Gasteiger partial charge in [0.1, 0.15) is 24.4 Å². The van der Waals surface area contributed by atoms with E-state index < -0.39 is 30.0 Å². The maximum Gasteiger partial charge on any atom is 0.121 e. The van der Waals surface area contributed by atoms with Crippen LogP contribution >= 0.6 is 11.3 Å². The van der Waals surface area contributed by atoms with E-state index in [9.17, 15) is 15.3 Å². The number of hydrogen-bond donors (Lipinski definition) is 3. The summed E-state index contributed by atoms with van der Waals surface area (Å²) in [5.41, 5.74) is 3.06. The molecule has 2 aromatic carbocycles. The monoisotopic (exact) mass is 396 g/mol. The molecule has 1 aliphatic carbocycles. The Labute approximate surface area is 168 Å². The van der Waals surface area contributed by atoms with Crippen molar-refractivity contribution in [3.63, 3.8) is 0 Å². The van der Waals surface area contributed by atoms with E-state index in [1.165, 1.54) is 21.4 Å². The fourth-order valence-electron chi connectivity index (χ4n) is 4.18. The highest BCUT2D eigenvalue weighted by atomic mass is 32.1. The average molecular weight is 397 g/mol. The normalized spacial score (nSPS) is 28.7. The van der Waals surface area contributed by atoms with Gasteiger partial charge in [0, 0.05) is 9.58 Å². The maximum absolute atomic E-state index is 10.5. The smallest absolute Gasteiger partial charge is 0.121 e. The van der Waals surface area contributed by atoms with Gasteiger partial charge >= 0.3 is 0 Å². The Hall–Kier alpha value is -1.76. The van der Waals surface area contributed by atoms with Gasteiger partial charge in [-0.1, -0.05) is 48.0 Å². The molecule has 3 aromatic rings. The maximum atomic E-state index is 10.5. The topological polar surface area (TPSA) is 69.9 Å². The van der Waals surface area contributed by atoms with E-state index >= 15 is 0 Å². The molecule has 146 valence electrons. The molecule has 0 unspecified atom stereocenters. The minimum absolute atomic E-state index is 0.606. The molecule has 5 heteroatoms. The fraction of sp³-hybridized carbons (Fsp3) is 0.391. The molecule has 1 aliphatic heterocycles. The second-order valence-corrected chi connectivity index (χ2v) is 9.26. The van der Waals surface area contributed by atoms with Gasteiger partial charge in [0.05, 0.1) is 5.60 Å². The third-order valence-electron chi connectivity index (χ3n) is 6.07. The molecular formula is C23H24O4S. The lowest BCUT2D eigenvalue weighted by Gasteiger charge is -2.41. The average Bonchev–Trinajstić information content (AvgIpc) is 3.34. The van der Waals surface area contributed by atoms with Crippen molar-refractivity contribution in [3.8, 4) is 0 Å². The summed E-state index contributed by atoms with van der Waals surface area (Å²) in [6, 6.07) is 16.9. The van der Waals surface area contributed by atoms with Gasteiger partial charge < -0.3 is 20.1 Å². The summed E-state index contributed by atoms with van der Waals surface area (Å²) >= 11 is 1.61. The highest BCUT2D eigenvalue weighted by Gasteiger charge is 2.60. The lowest BCUT2D eigenvalue weighted by atomic mass is 9.92. The number of benzene rings is 2. The van der Waals surface area contributed by atoms with Crippen molar-refractivity contribution in [2.45, 2.75) is 56.2 Å². The lowest BCUT2D eigenvalue weighted by molar-refractivity contribution is -0.235. The second-order valence-electron chi connectivity index (χ2n) is 8.18. The first-order valence-corrected chi connectivity index (χ1v) is 10.6. The van der Waals surface area contributed by atoms with E-state index in [2.05, 4.69) is 49.4 Å². The molecule has 5 rings (SSSR count). The molecule has 1 saturated heterocycles. The first kappa shape index (κ1) is 18.3. The molecule has 28 heavy (non-hydrogen) atoms. The third-order valence-corrected chi connectivity index (χ3v) is 7.36. The number of hydrogen-bond acceptors (Lipinski definition) is 5. The highest BCUT2D eigenvalue weighted by Crippen LogP contribution is 2.53. The number of ether oxygens (including phenoxy) is 1. The zero-order valence-electron chi connectivity index (χ0n) is 15.7. The van der Waals surface area contributed by atoms with Gasteiger partial charge in [-0.2, -0.15) is 0 Å². The van der Waals surface area contributed by atoms with Crippen molar-refractivity contribution in [1.29, 1.82) is 0 Å². The van der Waals surface area contributed by atoms with Crippen molar-refractivity contribution >= 4 is 21.4 Å².